The van der Waals surface area contributed by atoms with Gasteiger partial charge in [0.05, 0.1) is 17.9 Å². The Labute approximate surface area is 122 Å². The van der Waals surface area contributed by atoms with Crippen LogP contribution in [0.2, 0.25) is 0 Å². The summed E-state index contributed by atoms with van der Waals surface area (Å²) in [5, 5.41) is 10.6. The number of carbonyl (C=O) groups is 1. The highest BCUT2D eigenvalue weighted by Crippen LogP contribution is 2.15. The second-order valence-corrected chi connectivity index (χ2v) is 5.18. The summed E-state index contributed by atoms with van der Waals surface area (Å²) in [5.74, 6) is 1.00. The van der Waals surface area contributed by atoms with Gasteiger partial charge in [-0.25, -0.2) is 9.97 Å². The number of carbonyl (C=O) groups excluding carboxylic acids is 1. The molecule has 0 bridgehead atoms. The van der Waals surface area contributed by atoms with Gasteiger partial charge in [-0.2, -0.15) is 0 Å². The van der Waals surface area contributed by atoms with Crippen molar-refractivity contribution in [3.63, 3.8) is 0 Å². The number of hydrogen-bond acceptors (Lipinski definition) is 6. The molecule has 112 valence electrons. The first-order valence-electron chi connectivity index (χ1n) is 6.67. The number of nitrogens with zero attached hydrogens (tertiary/aromatic N) is 5. The van der Waals surface area contributed by atoms with Gasteiger partial charge in [0.15, 0.2) is 11.5 Å². The molecule has 0 aliphatic rings. The summed E-state index contributed by atoms with van der Waals surface area (Å²) in [4.78, 5) is 20.7. The van der Waals surface area contributed by atoms with Gasteiger partial charge in [-0.15, -0.1) is 10.2 Å². The first kappa shape index (κ1) is 14.9. The van der Waals surface area contributed by atoms with E-state index >= 15 is 0 Å². The number of nitrogens with one attached hydrogen (secondary N) is 1. The number of hydrogen-bond donors (Lipinski definition) is 2. The molecule has 2 aromatic rings. The van der Waals surface area contributed by atoms with E-state index < -0.39 is 0 Å². The molecular formula is C13H19N7O. The molecule has 3 N–H and O–H groups in total. The van der Waals surface area contributed by atoms with Crippen LogP contribution in [0.5, 0.6) is 0 Å². The molecule has 0 fully saturated rings. The van der Waals surface area contributed by atoms with Gasteiger partial charge in [0, 0.05) is 13.0 Å². The summed E-state index contributed by atoms with van der Waals surface area (Å²) in [5.41, 5.74) is 6.23. The van der Waals surface area contributed by atoms with Gasteiger partial charge < -0.3 is 15.6 Å². The van der Waals surface area contributed by atoms with E-state index in [4.69, 9.17) is 5.73 Å². The summed E-state index contributed by atoms with van der Waals surface area (Å²) in [7, 11) is 1.81. The molecule has 0 aromatic carbocycles. The molecule has 0 saturated heterocycles. The van der Waals surface area contributed by atoms with Crippen molar-refractivity contribution >= 4 is 11.6 Å². The van der Waals surface area contributed by atoms with E-state index in [1.807, 2.05) is 27.8 Å². The first-order valence-corrected chi connectivity index (χ1v) is 6.67. The molecular weight excluding hydrogens is 270 g/mol. The molecule has 2 heterocycles. The Morgan fingerprint density at radius 3 is 2.67 bits per heavy atom. The van der Waals surface area contributed by atoms with Crippen LogP contribution in [0, 0.1) is 0 Å². The number of anilines is 1. The molecule has 21 heavy (non-hydrogen) atoms. The number of nitrogen functional groups attached to an aromatic ring is 1. The second kappa shape index (κ2) is 5.86. The lowest BCUT2D eigenvalue weighted by Crippen LogP contribution is -2.30. The Balaban J connectivity index is 2.20. The lowest BCUT2D eigenvalue weighted by Gasteiger charge is -2.14. The molecule has 0 spiro atoms. The molecule has 8 nitrogen and oxygen atoms in total. The third-order valence-corrected chi connectivity index (χ3v) is 3.05. The maximum atomic E-state index is 12.3. The highest BCUT2D eigenvalue weighted by molar-refractivity contribution is 5.97. The lowest BCUT2D eigenvalue weighted by molar-refractivity contribution is 0.0933. The standard InChI is InChI=1S/C13H19N7O/c1-7(2)11-15-5-9(14)10(18-11)13(21)17-8(3)12-19-16-6-20(12)4/h5-8H,14H2,1-4H3,(H,17,21). The fourth-order valence-corrected chi connectivity index (χ4v) is 1.88. The van der Waals surface area contributed by atoms with E-state index in [1.54, 1.807) is 10.9 Å². The molecule has 0 aliphatic carbocycles. The Bertz CT molecular complexity index is 650. The Morgan fingerprint density at radius 2 is 2.10 bits per heavy atom. The molecule has 2 aromatic heterocycles. The molecule has 2 rings (SSSR count). The summed E-state index contributed by atoms with van der Waals surface area (Å²) in [6.45, 7) is 5.73. The first-order chi connectivity index (χ1) is 9.90. The van der Waals surface area contributed by atoms with Crippen LogP contribution >= 0.6 is 0 Å². The van der Waals surface area contributed by atoms with Crippen LogP contribution in [0.3, 0.4) is 0 Å². The number of rotatable bonds is 4. The summed E-state index contributed by atoms with van der Waals surface area (Å²) in [6.07, 6.45) is 3.04. The van der Waals surface area contributed by atoms with Crippen molar-refractivity contribution in [3.8, 4) is 0 Å². The average molecular weight is 289 g/mol. The van der Waals surface area contributed by atoms with Crippen LogP contribution in [-0.4, -0.2) is 30.6 Å². The third-order valence-electron chi connectivity index (χ3n) is 3.05. The van der Waals surface area contributed by atoms with E-state index in [-0.39, 0.29) is 29.2 Å². The lowest BCUT2D eigenvalue weighted by atomic mass is 10.2. The SMILES string of the molecule is CC(C)c1ncc(N)c(C(=O)NC(C)c2nncn2C)n1. The quantitative estimate of drug-likeness (QED) is 0.861. The summed E-state index contributed by atoms with van der Waals surface area (Å²) < 4.78 is 1.74. The average Bonchev–Trinajstić information content (AvgIpc) is 2.85. The zero-order chi connectivity index (χ0) is 15.6. The van der Waals surface area contributed by atoms with Crippen LogP contribution in [0.4, 0.5) is 5.69 Å². The fraction of sp³-hybridized carbons (Fsp3) is 0.462. The molecule has 1 atom stereocenters. The number of aromatic nitrogens is 5. The van der Waals surface area contributed by atoms with Gasteiger partial charge in [0.1, 0.15) is 12.2 Å². The van der Waals surface area contributed by atoms with Crippen molar-refractivity contribution in [2.24, 2.45) is 7.05 Å². The maximum Gasteiger partial charge on any atom is 0.272 e. The number of nitrogens with two attached hydrogens (primary N) is 1. The number of aryl methyl sites for hydroxylation is 1. The van der Waals surface area contributed by atoms with Gasteiger partial charge in [-0.1, -0.05) is 13.8 Å². The van der Waals surface area contributed by atoms with Crippen LogP contribution in [0.15, 0.2) is 12.5 Å². The van der Waals surface area contributed by atoms with Gasteiger partial charge in [0.25, 0.3) is 5.91 Å². The highest BCUT2D eigenvalue weighted by atomic mass is 16.2. The van der Waals surface area contributed by atoms with Crippen LogP contribution < -0.4 is 11.1 Å². The molecule has 0 saturated carbocycles. The minimum absolute atomic E-state index is 0.119. The zero-order valence-electron chi connectivity index (χ0n) is 12.5. The minimum atomic E-state index is -0.354. The monoisotopic (exact) mass is 289 g/mol. The van der Waals surface area contributed by atoms with Gasteiger partial charge in [0.2, 0.25) is 0 Å². The second-order valence-electron chi connectivity index (χ2n) is 5.18. The third kappa shape index (κ3) is 3.15. The normalized spacial score (nSPS) is 12.4. The predicted molar refractivity (Wildman–Crippen MR) is 77.4 cm³/mol. The van der Waals surface area contributed by atoms with Crippen LogP contribution in [-0.2, 0) is 7.05 Å². The van der Waals surface area contributed by atoms with E-state index in [0.717, 1.165) is 0 Å². The van der Waals surface area contributed by atoms with E-state index in [9.17, 15) is 4.79 Å². The van der Waals surface area contributed by atoms with Crippen molar-refractivity contribution in [3.05, 3.63) is 29.9 Å². The van der Waals surface area contributed by atoms with Crippen LogP contribution in [0.25, 0.3) is 0 Å². The Morgan fingerprint density at radius 1 is 1.38 bits per heavy atom. The maximum absolute atomic E-state index is 12.3. The smallest absolute Gasteiger partial charge is 0.272 e. The molecule has 1 unspecified atom stereocenters. The molecule has 8 heteroatoms. The van der Waals surface area contributed by atoms with Crippen molar-refractivity contribution in [2.45, 2.75) is 32.7 Å². The van der Waals surface area contributed by atoms with E-state index in [1.165, 1.54) is 6.20 Å². The zero-order valence-corrected chi connectivity index (χ0v) is 12.5. The van der Waals surface area contributed by atoms with Gasteiger partial charge in [-0.3, -0.25) is 4.79 Å². The fourth-order valence-electron chi connectivity index (χ4n) is 1.88. The Hall–Kier alpha value is -2.51. The summed E-state index contributed by atoms with van der Waals surface area (Å²) >= 11 is 0. The summed E-state index contributed by atoms with van der Waals surface area (Å²) in [6, 6.07) is -0.304. The van der Waals surface area contributed by atoms with Crippen LogP contribution in [0.1, 0.15) is 54.9 Å². The van der Waals surface area contributed by atoms with Crippen molar-refractivity contribution in [1.82, 2.24) is 30.0 Å². The van der Waals surface area contributed by atoms with Crippen molar-refractivity contribution in [1.29, 1.82) is 0 Å². The minimum Gasteiger partial charge on any atom is -0.396 e. The Kier molecular flexibility index (Phi) is 4.15. The molecule has 0 aliphatic heterocycles. The van der Waals surface area contributed by atoms with Gasteiger partial charge >= 0.3 is 0 Å². The largest absolute Gasteiger partial charge is 0.396 e. The van der Waals surface area contributed by atoms with Crippen molar-refractivity contribution in [2.75, 3.05) is 5.73 Å². The predicted octanol–water partition coefficient (Wildman–Crippen LogP) is 0.802. The van der Waals surface area contributed by atoms with E-state index in [0.29, 0.717) is 11.6 Å². The highest BCUT2D eigenvalue weighted by Gasteiger charge is 2.19. The van der Waals surface area contributed by atoms with Crippen molar-refractivity contribution < 1.29 is 4.79 Å². The van der Waals surface area contributed by atoms with E-state index in [2.05, 4.69) is 25.5 Å². The molecule has 1 amide bonds. The number of amides is 1. The molecule has 0 radical (unpaired) electrons. The topological polar surface area (TPSA) is 112 Å². The van der Waals surface area contributed by atoms with Gasteiger partial charge in [-0.05, 0) is 6.92 Å².